The number of rotatable bonds is 6. The fourth-order valence-corrected chi connectivity index (χ4v) is 2.09. The molecule has 0 aliphatic rings. The Morgan fingerprint density at radius 2 is 1.83 bits per heavy atom. The van der Waals surface area contributed by atoms with Crippen LogP contribution >= 0.6 is 0 Å². The summed E-state index contributed by atoms with van der Waals surface area (Å²) < 4.78 is 10.6. The predicted octanol–water partition coefficient (Wildman–Crippen LogP) is 3.58. The molecule has 0 saturated heterocycles. The minimum Gasteiger partial charge on any atom is -0.481 e. The Labute approximate surface area is 141 Å². The van der Waals surface area contributed by atoms with Gasteiger partial charge in [-0.2, -0.15) is 0 Å². The van der Waals surface area contributed by atoms with Gasteiger partial charge in [-0.3, -0.25) is 4.79 Å². The van der Waals surface area contributed by atoms with Crippen molar-refractivity contribution in [3.63, 3.8) is 0 Å². The summed E-state index contributed by atoms with van der Waals surface area (Å²) in [5, 5.41) is 2.80. The molecular formula is C19H21NO4. The molecular weight excluding hydrogens is 306 g/mol. The van der Waals surface area contributed by atoms with Crippen molar-refractivity contribution in [2.24, 2.45) is 0 Å². The number of esters is 1. The van der Waals surface area contributed by atoms with E-state index >= 15 is 0 Å². The van der Waals surface area contributed by atoms with E-state index in [2.05, 4.69) is 5.32 Å². The van der Waals surface area contributed by atoms with Crippen LogP contribution in [0.1, 0.15) is 29.8 Å². The van der Waals surface area contributed by atoms with Gasteiger partial charge >= 0.3 is 5.97 Å². The summed E-state index contributed by atoms with van der Waals surface area (Å²) in [7, 11) is 0. The van der Waals surface area contributed by atoms with Crippen LogP contribution in [0.3, 0.4) is 0 Å². The van der Waals surface area contributed by atoms with Crippen LogP contribution in [0.4, 0.5) is 5.69 Å². The van der Waals surface area contributed by atoms with Gasteiger partial charge in [-0.1, -0.05) is 24.3 Å². The van der Waals surface area contributed by atoms with E-state index in [4.69, 9.17) is 9.47 Å². The van der Waals surface area contributed by atoms with E-state index in [1.807, 2.05) is 25.1 Å². The number of amides is 1. The van der Waals surface area contributed by atoms with Crippen molar-refractivity contribution in [3.05, 3.63) is 59.7 Å². The lowest BCUT2D eigenvalue weighted by molar-refractivity contribution is -0.122. The summed E-state index contributed by atoms with van der Waals surface area (Å²) in [6.45, 7) is 5.58. The number of aryl methyl sites for hydroxylation is 1. The van der Waals surface area contributed by atoms with Crippen molar-refractivity contribution in [1.82, 2.24) is 0 Å². The molecule has 0 heterocycles. The van der Waals surface area contributed by atoms with Crippen molar-refractivity contribution in [2.75, 3.05) is 11.9 Å². The summed E-state index contributed by atoms with van der Waals surface area (Å²) in [5.74, 6) is -0.0818. The first kappa shape index (κ1) is 17.5. The molecule has 0 fully saturated rings. The zero-order chi connectivity index (χ0) is 17.5. The SMILES string of the molecule is CCOC(=O)c1ccc(C)c(NC(=O)[C@@H](C)Oc2ccccc2)c1. The van der Waals surface area contributed by atoms with Gasteiger partial charge in [0.1, 0.15) is 5.75 Å². The van der Waals surface area contributed by atoms with Crippen LogP contribution in [0.15, 0.2) is 48.5 Å². The lowest BCUT2D eigenvalue weighted by atomic mass is 10.1. The Balaban J connectivity index is 2.07. The Hall–Kier alpha value is -2.82. The fraction of sp³-hybridized carbons (Fsp3) is 0.263. The van der Waals surface area contributed by atoms with E-state index in [0.717, 1.165) is 5.56 Å². The van der Waals surface area contributed by atoms with Gasteiger partial charge in [-0.25, -0.2) is 4.79 Å². The van der Waals surface area contributed by atoms with Crippen LogP contribution < -0.4 is 10.1 Å². The highest BCUT2D eigenvalue weighted by Crippen LogP contribution is 2.19. The zero-order valence-corrected chi connectivity index (χ0v) is 14.0. The molecule has 0 aliphatic heterocycles. The van der Waals surface area contributed by atoms with Crippen molar-refractivity contribution in [1.29, 1.82) is 0 Å². The number of nitrogens with one attached hydrogen (secondary N) is 1. The van der Waals surface area contributed by atoms with Crippen LogP contribution in [-0.2, 0) is 9.53 Å². The first-order valence-electron chi connectivity index (χ1n) is 7.81. The lowest BCUT2D eigenvalue weighted by Crippen LogP contribution is -2.30. The average Bonchev–Trinajstić information content (AvgIpc) is 2.57. The minimum absolute atomic E-state index is 0.289. The van der Waals surface area contributed by atoms with E-state index < -0.39 is 12.1 Å². The molecule has 1 N–H and O–H groups in total. The molecule has 5 heteroatoms. The Morgan fingerprint density at radius 3 is 2.50 bits per heavy atom. The van der Waals surface area contributed by atoms with Gasteiger partial charge in [-0.15, -0.1) is 0 Å². The van der Waals surface area contributed by atoms with E-state index in [9.17, 15) is 9.59 Å². The number of benzene rings is 2. The molecule has 0 spiro atoms. The molecule has 0 saturated carbocycles. The molecule has 2 aromatic carbocycles. The van der Waals surface area contributed by atoms with Crippen molar-refractivity contribution in [2.45, 2.75) is 26.9 Å². The van der Waals surface area contributed by atoms with Crippen LogP contribution in [-0.4, -0.2) is 24.6 Å². The maximum atomic E-state index is 12.3. The smallest absolute Gasteiger partial charge is 0.338 e. The first-order chi connectivity index (χ1) is 11.5. The van der Waals surface area contributed by atoms with E-state index in [1.54, 1.807) is 44.2 Å². The van der Waals surface area contributed by atoms with Crippen LogP contribution in [0.5, 0.6) is 5.75 Å². The van der Waals surface area contributed by atoms with Gasteiger partial charge in [-0.05, 0) is 50.6 Å². The Morgan fingerprint density at radius 1 is 1.12 bits per heavy atom. The van der Waals surface area contributed by atoms with Crippen LogP contribution in [0, 0.1) is 6.92 Å². The number of anilines is 1. The minimum atomic E-state index is -0.668. The molecule has 0 aliphatic carbocycles. The topological polar surface area (TPSA) is 64.6 Å². The second kappa shape index (κ2) is 8.15. The first-order valence-corrected chi connectivity index (χ1v) is 7.81. The normalized spacial score (nSPS) is 11.5. The molecule has 0 unspecified atom stereocenters. The number of hydrogen-bond donors (Lipinski definition) is 1. The number of ether oxygens (including phenoxy) is 2. The van der Waals surface area contributed by atoms with E-state index in [0.29, 0.717) is 23.6 Å². The summed E-state index contributed by atoms with van der Waals surface area (Å²) in [6.07, 6.45) is -0.668. The second-order valence-electron chi connectivity index (χ2n) is 5.31. The molecule has 0 bridgehead atoms. The summed E-state index contributed by atoms with van der Waals surface area (Å²) in [6, 6.07) is 14.2. The second-order valence-corrected chi connectivity index (χ2v) is 5.31. The summed E-state index contributed by atoms with van der Waals surface area (Å²) in [5.41, 5.74) is 1.81. The lowest BCUT2D eigenvalue weighted by Gasteiger charge is -2.16. The van der Waals surface area contributed by atoms with Gasteiger partial charge in [0.05, 0.1) is 12.2 Å². The molecule has 2 aromatic rings. The van der Waals surface area contributed by atoms with Gasteiger partial charge in [0.25, 0.3) is 5.91 Å². The largest absolute Gasteiger partial charge is 0.481 e. The number of carbonyl (C=O) groups excluding carboxylic acids is 2. The maximum Gasteiger partial charge on any atom is 0.338 e. The standard InChI is InChI=1S/C19H21NO4/c1-4-23-19(22)15-11-10-13(2)17(12-15)20-18(21)14(3)24-16-8-6-5-7-9-16/h5-12,14H,4H2,1-3H3,(H,20,21)/t14-/m1/s1. The number of hydrogen-bond acceptors (Lipinski definition) is 4. The van der Waals surface area contributed by atoms with Crippen LogP contribution in [0.25, 0.3) is 0 Å². The van der Waals surface area contributed by atoms with Gasteiger partial charge < -0.3 is 14.8 Å². The van der Waals surface area contributed by atoms with Crippen molar-refractivity contribution < 1.29 is 19.1 Å². The molecule has 1 amide bonds. The zero-order valence-electron chi connectivity index (χ0n) is 14.0. The molecule has 2 rings (SSSR count). The highest BCUT2D eigenvalue weighted by atomic mass is 16.5. The molecule has 5 nitrogen and oxygen atoms in total. The highest BCUT2D eigenvalue weighted by Gasteiger charge is 2.17. The van der Waals surface area contributed by atoms with Crippen LogP contribution in [0.2, 0.25) is 0 Å². The predicted molar refractivity (Wildman–Crippen MR) is 92.3 cm³/mol. The van der Waals surface area contributed by atoms with Crippen molar-refractivity contribution in [3.8, 4) is 5.75 Å². The fourth-order valence-electron chi connectivity index (χ4n) is 2.09. The van der Waals surface area contributed by atoms with Gasteiger partial charge in [0, 0.05) is 5.69 Å². The molecule has 24 heavy (non-hydrogen) atoms. The van der Waals surface area contributed by atoms with E-state index in [-0.39, 0.29) is 5.91 Å². The molecule has 0 aromatic heterocycles. The van der Waals surface area contributed by atoms with Gasteiger partial charge in [0.15, 0.2) is 6.10 Å². The number of para-hydroxylation sites is 1. The van der Waals surface area contributed by atoms with E-state index in [1.165, 1.54) is 0 Å². The molecule has 0 radical (unpaired) electrons. The monoisotopic (exact) mass is 327 g/mol. The Kier molecular flexibility index (Phi) is 5.95. The molecule has 126 valence electrons. The maximum absolute atomic E-state index is 12.3. The Bertz CT molecular complexity index is 713. The van der Waals surface area contributed by atoms with Gasteiger partial charge in [0.2, 0.25) is 0 Å². The number of carbonyl (C=O) groups is 2. The average molecular weight is 327 g/mol. The summed E-state index contributed by atoms with van der Waals surface area (Å²) in [4.78, 5) is 24.1. The third-order valence-electron chi connectivity index (χ3n) is 3.43. The third-order valence-corrected chi connectivity index (χ3v) is 3.43. The third kappa shape index (κ3) is 4.59. The highest BCUT2D eigenvalue weighted by molar-refractivity contribution is 5.97. The van der Waals surface area contributed by atoms with Crippen molar-refractivity contribution >= 4 is 17.6 Å². The molecule has 1 atom stereocenters. The quantitative estimate of drug-likeness (QED) is 0.824. The summed E-state index contributed by atoms with van der Waals surface area (Å²) >= 11 is 0.